The normalized spacial score (nSPS) is 20.6. The molecule has 300 valence electrons. The van der Waals surface area contributed by atoms with Gasteiger partial charge >= 0.3 is 0 Å². The van der Waals surface area contributed by atoms with Gasteiger partial charge in [0.25, 0.3) is 0 Å². The highest BCUT2D eigenvalue weighted by Crippen LogP contribution is 2.58. The van der Waals surface area contributed by atoms with Crippen molar-refractivity contribution in [3.63, 3.8) is 0 Å². The summed E-state index contributed by atoms with van der Waals surface area (Å²) < 4.78 is 5.14. The lowest BCUT2D eigenvalue weighted by Gasteiger charge is -2.40. The Balaban J connectivity index is 0.932. The van der Waals surface area contributed by atoms with E-state index >= 15 is 0 Å². The fourth-order valence-corrected chi connectivity index (χ4v) is 11.4. The van der Waals surface area contributed by atoms with Gasteiger partial charge in [-0.2, -0.15) is 0 Å². The average Bonchev–Trinajstić information content (AvgIpc) is 4.00. The first kappa shape index (κ1) is 35.2. The zero-order chi connectivity index (χ0) is 41.2. The minimum Gasteiger partial charge on any atom is -0.333 e. The molecule has 0 spiro atoms. The number of rotatable bonds is 5. The number of benzene rings is 8. The molecular weight excluding hydrogens is 769 g/mol. The molecule has 14 rings (SSSR count). The van der Waals surface area contributed by atoms with Crippen LogP contribution < -0.4 is 20.9 Å². The third-order valence-electron chi connectivity index (χ3n) is 14.1. The molecule has 63 heavy (non-hydrogen) atoms. The maximum Gasteiger partial charge on any atom is 0.0865 e. The second-order valence-electron chi connectivity index (χ2n) is 17.4. The quantitative estimate of drug-likeness (QED) is 0.162. The van der Waals surface area contributed by atoms with Crippen LogP contribution in [0.5, 0.6) is 0 Å². The molecule has 0 saturated carbocycles. The van der Waals surface area contributed by atoms with Crippen LogP contribution in [0.25, 0.3) is 61.3 Å². The van der Waals surface area contributed by atoms with Gasteiger partial charge in [-0.25, -0.2) is 0 Å². The van der Waals surface area contributed by atoms with Gasteiger partial charge in [0, 0.05) is 44.4 Å². The van der Waals surface area contributed by atoms with Gasteiger partial charge < -0.3 is 14.0 Å². The molecule has 3 N–H and O–H groups in total. The Labute approximate surface area is 365 Å². The van der Waals surface area contributed by atoms with Gasteiger partial charge in [0.15, 0.2) is 0 Å². The van der Waals surface area contributed by atoms with E-state index in [0.29, 0.717) is 0 Å². The predicted molar refractivity (Wildman–Crippen MR) is 257 cm³/mol. The van der Waals surface area contributed by atoms with Crippen LogP contribution in [0.3, 0.4) is 0 Å². The van der Waals surface area contributed by atoms with E-state index in [9.17, 15) is 0 Å². The largest absolute Gasteiger partial charge is 0.333 e. The molecule has 5 heterocycles. The standard InChI is InChI=1S/C57H42N6/c1-3-14-35(15-4-1)36-26-28-38(29-27-36)56-58-55(37-16-5-2-6-17-37)59-57(60-56)39-18-13-19-40(34-39)61-49-32-30-43-41-20-7-9-22-45(41)62-47-24-11-12-25-48(47)63-46-23-10-8-21-42(46)44-31-33-50(61)52(54(44)63)51(49)53(43)62/h1-34,49,51,55-60H. The number of hydrogen-bond donors (Lipinski definition) is 3. The van der Waals surface area contributed by atoms with Crippen molar-refractivity contribution >= 4 is 50.2 Å². The lowest BCUT2D eigenvalue weighted by atomic mass is 9.83. The lowest BCUT2D eigenvalue weighted by Crippen LogP contribution is -2.54. The summed E-state index contributed by atoms with van der Waals surface area (Å²) in [6.45, 7) is 0. The monoisotopic (exact) mass is 810 g/mol. The number of nitrogens with one attached hydrogen (secondary N) is 3. The third-order valence-corrected chi connectivity index (χ3v) is 14.1. The second kappa shape index (κ2) is 13.5. The smallest absolute Gasteiger partial charge is 0.0865 e. The van der Waals surface area contributed by atoms with Crippen LogP contribution in [0.2, 0.25) is 0 Å². The summed E-state index contributed by atoms with van der Waals surface area (Å²) in [5.41, 5.74) is 18.7. The zero-order valence-electron chi connectivity index (χ0n) is 34.4. The zero-order valence-corrected chi connectivity index (χ0v) is 34.4. The maximum atomic E-state index is 3.98. The number of hydrogen-bond acceptors (Lipinski definition) is 4. The van der Waals surface area contributed by atoms with Gasteiger partial charge in [-0.1, -0.05) is 164 Å². The molecule has 5 unspecified atom stereocenters. The van der Waals surface area contributed by atoms with Gasteiger partial charge in [-0.15, -0.1) is 0 Å². The van der Waals surface area contributed by atoms with Crippen LogP contribution in [0, 0.1) is 0 Å². The average molecular weight is 811 g/mol. The van der Waals surface area contributed by atoms with Gasteiger partial charge in [-0.05, 0) is 70.3 Å². The minimum absolute atomic E-state index is 0.0648. The van der Waals surface area contributed by atoms with Crippen LogP contribution in [0.1, 0.15) is 57.9 Å². The Hall–Kier alpha value is -7.48. The van der Waals surface area contributed by atoms with Crippen molar-refractivity contribution in [2.45, 2.75) is 30.5 Å². The molecule has 3 aliphatic heterocycles. The molecular formula is C57H42N6. The topological polar surface area (TPSA) is 49.2 Å². The summed E-state index contributed by atoms with van der Waals surface area (Å²) in [7, 11) is 0. The Morgan fingerprint density at radius 3 is 1.76 bits per heavy atom. The molecule has 2 aromatic heterocycles. The Bertz CT molecular complexity index is 3470. The van der Waals surface area contributed by atoms with Gasteiger partial charge in [-0.3, -0.25) is 16.0 Å². The molecule has 10 aromatic rings. The molecule has 6 heteroatoms. The van der Waals surface area contributed by atoms with E-state index in [1.54, 1.807) is 0 Å². The Morgan fingerprint density at radius 1 is 0.413 bits per heavy atom. The highest BCUT2D eigenvalue weighted by molar-refractivity contribution is 6.13. The van der Waals surface area contributed by atoms with Crippen molar-refractivity contribution < 1.29 is 0 Å². The summed E-state index contributed by atoms with van der Waals surface area (Å²) in [6, 6.07) is 71.3. The van der Waals surface area contributed by atoms with Crippen LogP contribution in [0.15, 0.2) is 200 Å². The number of para-hydroxylation sites is 4. The third kappa shape index (κ3) is 5.11. The molecule has 6 nitrogen and oxygen atoms in total. The second-order valence-corrected chi connectivity index (χ2v) is 17.4. The molecule has 1 saturated heterocycles. The molecule has 0 radical (unpaired) electrons. The Morgan fingerprint density at radius 2 is 1.00 bits per heavy atom. The van der Waals surface area contributed by atoms with Crippen molar-refractivity contribution in [1.29, 1.82) is 0 Å². The first-order valence-electron chi connectivity index (χ1n) is 22.1. The summed E-state index contributed by atoms with van der Waals surface area (Å²) >= 11 is 0. The first-order valence-corrected chi connectivity index (χ1v) is 22.1. The summed E-state index contributed by atoms with van der Waals surface area (Å²) in [6.07, 6.45) is 4.59. The fourth-order valence-electron chi connectivity index (χ4n) is 11.4. The van der Waals surface area contributed by atoms with E-state index in [2.05, 4.69) is 236 Å². The van der Waals surface area contributed by atoms with E-state index in [4.69, 9.17) is 0 Å². The number of nitrogens with zero attached hydrogens (tertiary/aromatic N) is 3. The van der Waals surface area contributed by atoms with Gasteiger partial charge in [0.1, 0.15) is 0 Å². The van der Waals surface area contributed by atoms with Crippen LogP contribution in [-0.2, 0) is 0 Å². The van der Waals surface area contributed by atoms with E-state index in [1.165, 1.54) is 100 Å². The maximum absolute atomic E-state index is 3.98. The van der Waals surface area contributed by atoms with Gasteiger partial charge in [0.05, 0.1) is 58.4 Å². The highest BCUT2D eigenvalue weighted by atomic mass is 15.4. The molecule has 8 aromatic carbocycles. The predicted octanol–water partition coefficient (Wildman–Crippen LogP) is 12.6. The molecule has 1 fully saturated rings. The highest BCUT2D eigenvalue weighted by Gasteiger charge is 2.47. The minimum atomic E-state index is -0.134. The SMILES string of the molecule is C1=CC2C3c4c(ccc5c6ccccc6n(c45)-c4ccccc4-n4c3c1c1ccccc14)N2c1cccc(C2NC(c3ccccc3)NC(c3ccc(-c4ccccc4)cc3)N2)c1. The van der Waals surface area contributed by atoms with Crippen molar-refractivity contribution in [1.82, 2.24) is 25.1 Å². The first-order chi connectivity index (χ1) is 31.3. The van der Waals surface area contributed by atoms with Crippen molar-refractivity contribution in [3.05, 3.63) is 234 Å². The summed E-state index contributed by atoms with van der Waals surface area (Å²) in [5, 5.41) is 15.7. The number of fused-ring (bicyclic) bond motifs is 9. The fraction of sp³-hybridized carbons (Fsp3) is 0.0877. The number of anilines is 2. The molecule has 0 amide bonds. The molecule has 1 aliphatic carbocycles. The molecule has 0 bridgehead atoms. The van der Waals surface area contributed by atoms with Crippen LogP contribution in [-0.4, -0.2) is 15.2 Å². The van der Waals surface area contributed by atoms with Crippen molar-refractivity contribution in [3.8, 4) is 22.5 Å². The van der Waals surface area contributed by atoms with Crippen molar-refractivity contribution in [2.75, 3.05) is 4.90 Å². The molecule has 5 atom stereocenters. The summed E-state index contributed by atoms with van der Waals surface area (Å²) in [5.74, 6) is 0.0944. The van der Waals surface area contributed by atoms with Gasteiger partial charge in [0.2, 0.25) is 0 Å². The van der Waals surface area contributed by atoms with Crippen LogP contribution in [0.4, 0.5) is 11.4 Å². The number of aromatic nitrogens is 2. The Kier molecular flexibility index (Phi) is 7.54. The van der Waals surface area contributed by atoms with E-state index < -0.39 is 0 Å². The summed E-state index contributed by atoms with van der Waals surface area (Å²) in [4.78, 5) is 2.62. The van der Waals surface area contributed by atoms with Crippen LogP contribution >= 0.6 is 0 Å². The van der Waals surface area contributed by atoms with E-state index in [0.717, 1.165) is 0 Å². The van der Waals surface area contributed by atoms with E-state index in [-0.39, 0.29) is 30.5 Å². The van der Waals surface area contributed by atoms with E-state index in [1.807, 2.05) is 0 Å². The lowest BCUT2D eigenvalue weighted by molar-refractivity contribution is 0.203. The van der Waals surface area contributed by atoms with Crippen molar-refractivity contribution in [2.24, 2.45) is 0 Å². The molecule has 4 aliphatic rings.